The van der Waals surface area contributed by atoms with Gasteiger partial charge in [-0.2, -0.15) is 0 Å². The van der Waals surface area contributed by atoms with Crippen LogP contribution in [0.2, 0.25) is 0 Å². The summed E-state index contributed by atoms with van der Waals surface area (Å²) < 4.78 is 33.3. The van der Waals surface area contributed by atoms with Crippen molar-refractivity contribution >= 4 is 19.8 Å². The molecule has 0 aromatic heterocycles. The van der Waals surface area contributed by atoms with E-state index in [0.717, 1.165) is 83.5 Å². The number of aliphatic carboxylic acids is 1. The van der Waals surface area contributed by atoms with Crippen LogP contribution in [0.3, 0.4) is 0 Å². The van der Waals surface area contributed by atoms with E-state index >= 15 is 0 Å². The average Bonchev–Trinajstić information content (AvgIpc) is 3.21. The Morgan fingerprint density at radius 2 is 0.983 bits per heavy atom. The van der Waals surface area contributed by atoms with Gasteiger partial charge in [0.1, 0.15) is 12.1 Å². The van der Waals surface area contributed by atoms with Crippen molar-refractivity contribution in [2.75, 3.05) is 26.4 Å². The number of unbranched alkanes of at least 4 members (excludes halogenated alkanes) is 11. The highest BCUT2D eigenvalue weighted by molar-refractivity contribution is 7.47. The van der Waals surface area contributed by atoms with Crippen LogP contribution >= 0.6 is 7.82 Å². The molecular weight excluding hydrogens is 765 g/mol. The number of hydrogen-bond acceptors (Lipinski definition) is 8. The molecule has 0 aromatic rings. The number of allylic oxidation sites excluding steroid dienone is 16. The number of carboxylic acid groups (broad SMARTS) is 1. The smallest absolute Gasteiger partial charge is 0.472 e. The number of nitrogens with two attached hydrogens (primary N) is 1. The molecule has 11 heteroatoms. The second-order valence-electron chi connectivity index (χ2n) is 14.4. The van der Waals surface area contributed by atoms with Crippen molar-refractivity contribution in [1.29, 1.82) is 0 Å². The number of phosphoric acid groups is 1. The molecule has 0 radical (unpaired) electrons. The molecule has 3 unspecified atom stereocenters. The lowest BCUT2D eigenvalue weighted by atomic mass is 10.1. The van der Waals surface area contributed by atoms with E-state index in [-0.39, 0.29) is 13.0 Å². The van der Waals surface area contributed by atoms with Crippen LogP contribution in [-0.4, -0.2) is 60.5 Å². The van der Waals surface area contributed by atoms with Gasteiger partial charge < -0.3 is 25.2 Å². The van der Waals surface area contributed by atoms with E-state index < -0.39 is 45.1 Å². The molecule has 0 saturated carbocycles. The second-order valence-corrected chi connectivity index (χ2v) is 15.9. The standard InChI is InChI=1S/C48H80NO9P/c1-3-5-7-9-11-13-15-17-19-21-22-23-25-27-29-31-33-35-37-39-41-55-42-45(43-56-59(53,54)57-44-46(49)48(51)52)58-47(50)40-38-36-34-32-30-28-26-24-20-18-16-14-12-10-8-6-4-2/h5,7,11-14,17-20,22-23,27,29,33,35,45-46H,3-4,6,8-10,15-16,21,24-26,28,30-32,34,36-44,49H2,1-2H3,(H,51,52)(H,53,54)/b7-5-,13-11-,14-12-,19-17-,20-18-,23-22-,29-27-,35-33-. The van der Waals surface area contributed by atoms with Gasteiger partial charge in [-0.15, -0.1) is 0 Å². The van der Waals surface area contributed by atoms with Crippen LogP contribution in [0.5, 0.6) is 0 Å². The minimum Gasteiger partial charge on any atom is -0.480 e. The Morgan fingerprint density at radius 1 is 0.559 bits per heavy atom. The van der Waals surface area contributed by atoms with Gasteiger partial charge >= 0.3 is 19.8 Å². The van der Waals surface area contributed by atoms with E-state index in [1.165, 1.54) is 44.9 Å². The first kappa shape index (κ1) is 55.9. The summed E-state index contributed by atoms with van der Waals surface area (Å²) in [5.74, 6) is -1.82. The van der Waals surface area contributed by atoms with Crippen LogP contribution in [0.4, 0.5) is 0 Å². The summed E-state index contributed by atoms with van der Waals surface area (Å²) in [4.78, 5) is 33.6. The van der Waals surface area contributed by atoms with E-state index in [2.05, 4.69) is 111 Å². The zero-order chi connectivity index (χ0) is 43.3. The van der Waals surface area contributed by atoms with Gasteiger partial charge in [0.2, 0.25) is 0 Å². The fourth-order valence-electron chi connectivity index (χ4n) is 5.41. The van der Waals surface area contributed by atoms with Crippen LogP contribution in [-0.2, 0) is 32.7 Å². The number of ether oxygens (including phenoxy) is 2. The van der Waals surface area contributed by atoms with Gasteiger partial charge in [-0.3, -0.25) is 18.6 Å². The molecule has 336 valence electrons. The van der Waals surface area contributed by atoms with Gasteiger partial charge in [0, 0.05) is 13.0 Å². The highest BCUT2D eigenvalue weighted by Crippen LogP contribution is 2.43. The number of esters is 1. The molecule has 0 aromatic carbocycles. The number of carbonyl (C=O) groups is 2. The minimum absolute atomic E-state index is 0.0327. The predicted molar refractivity (Wildman–Crippen MR) is 244 cm³/mol. The van der Waals surface area contributed by atoms with E-state index in [9.17, 15) is 19.0 Å². The topological polar surface area (TPSA) is 155 Å². The van der Waals surface area contributed by atoms with Crippen molar-refractivity contribution < 1.29 is 42.7 Å². The molecule has 0 bridgehead atoms. The summed E-state index contributed by atoms with van der Waals surface area (Å²) in [5.41, 5.74) is 5.35. The highest BCUT2D eigenvalue weighted by Gasteiger charge is 2.27. The van der Waals surface area contributed by atoms with Gasteiger partial charge in [0.05, 0.1) is 19.8 Å². The van der Waals surface area contributed by atoms with Crippen LogP contribution in [0.25, 0.3) is 0 Å². The van der Waals surface area contributed by atoms with E-state index in [0.29, 0.717) is 13.0 Å². The molecule has 4 N–H and O–H groups in total. The van der Waals surface area contributed by atoms with Gasteiger partial charge in [0.25, 0.3) is 0 Å². The van der Waals surface area contributed by atoms with Gasteiger partial charge in [0.15, 0.2) is 0 Å². The lowest BCUT2D eigenvalue weighted by molar-refractivity contribution is -0.154. The molecule has 3 atom stereocenters. The molecule has 0 fully saturated rings. The molecule has 0 aliphatic heterocycles. The van der Waals surface area contributed by atoms with Crippen LogP contribution in [0, 0.1) is 0 Å². The number of phosphoric ester groups is 1. The quantitative estimate of drug-likeness (QED) is 0.0234. The van der Waals surface area contributed by atoms with Gasteiger partial charge in [-0.05, 0) is 89.9 Å². The third-order valence-electron chi connectivity index (χ3n) is 8.85. The molecule has 10 nitrogen and oxygen atoms in total. The molecular formula is C48H80NO9P. The van der Waals surface area contributed by atoms with Crippen molar-refractivity contribution in [3.05, 3.63) is 97.2 Å². The molecule has 0 saturated heterocycles. The molecule has 59 heavy (non-hydrogen) atoms. The Kier molecular flexibility index (Phi) is 40.7. The summed E-state index contributed by atoms with van der Waals surface area (Å²) in [6.07, 6.45) is 56.1. The first-order valence-electron chi connectivity index (χ1n) is 22.3. The Hall–Kier alpha value is -3.11. The minimum atomic E-state index is -4.64. The molecule has 0 aliphatic carbocycles. The van der Waals surface area contributed by atoms with Crippen molar-refractivity contribution in [3.8, 4) is 0 Å². The van der Waals surface area contributed by atoms with Crippen LogP contribution in [0.15, 0.2) is 97.2 Å². The van der Waals surface area contributed by atoms with Gasteiger partial charge in [-0.1, -0.05) is 156 Å². The lowest BCUT2D eigenvalue weighted by Gasteiger charge is -2.20. The molecule has 0 spiro atoms. The maximum atomic E-state index is 12.6. The third kappa shape index (κ3) is 42.8. The monoisotopic (exact) mass is 846 g/mol. The second kappa shape index (κ2) is 43.0. The number of carboxylic acids is 1. The Morgan fingerprint density at radius 3 is 1.47 bits per heavy atom. The van der Waals surface area contributed by atoms with Crippen molar-refractivity contribution in [2.45, 2.75) is 167 Å². The Bertz CT molecular complexity index is 1300. The fourth-order valence-corrected chi connectivity index (χ4v) is 6.19. The van der Waals surface area contributed by atoms with Crippen LogP contribution in [0.1, 0.15) is 155 Å². The Labute approximate surface area is 358 Å². The maximum absolute atomic E-state index is 12.6. The van der Waals surface area contributed by atoms with Crippen LogP contribution < -0.4 is 5.73 Å². The normalized spacial score (nSPS) is 14.8. The Balaban J connectivity index is 4.38. The van der Waals surface area contributed by atoms with E-state index in [1.54, 1.807) is 0 Å². The lowest BCUT2D eigenvalue weighted by Crippen LogP contribution is -2.34. The summed E-state index contributed by atoms with van der Waals surface area (Å²) in [6, 6.07) is -1.49. The van der Waals surface area contributed by atoms with Crippen molar-refractivity contribution in [1.82, 2.24) is 0 Å². The first-order valence-corrected chi connectivity index (χ1v) is 23.8. The molecule has 0 aliphatic rings. The summed E-state index contributed by atoms with van der Waals surface area (Å²) in [5, 5.41) is 8.90. The summed E-state index contributed by atoms with van der Waals surface area (Å²) in [7, 11) is -4.64. The first-order chi connectivity index (χ1) is 28.7. The maximum Gasteiger partial charge on any atom is 0.472 e. The predicted octanol–water partition coefficient (Wildman–Crippen LogP) is 12.5. The highest BCUT2D eigenvalue weighted by atomic mass is 31.2. The molecule has 0 rings (SSSR count). The zero-order valence-electron chi connectivity index (χ0n) is 36.6. The van der Waals surface area contributed by atoms with E-state index in [4.69, 9.17) is 29.4 Å². The number of carbonyl (C=O) groups excluding carboxylic acids is 1. The average molecular weight is 846 g/mol. The van der Waals surface area contributed by atoms with Crippen molar-refractivity contribution in [3.63, 3.8) is 0 Å². The SMILES string of the molecule is CC/C=C\C/C=C\C/C=C\C/C=C\C/C=C\C/C=C\CCCOCC(COP(=O)(O)OCC(N)C(=O)O)OC(=O)CCCCCCCCC/C=C\C/C=C\CCCCC. The van der Waals surface area contributed by atoms with Crippen molar-refractivity contribution in [2.24, 2.45) is 5.73 Å². The van der Waals surface area contributed by atoms with E-state index in [1.807, 2.05) is 0 Å². The summed E-state index contributed by atoms with van der Waals surface area (Å²) in [6.45, 7) is 3.56. The zero-order valence-corrected chi connectivity index (χ0v) is 37.4. The third-order valence-corrected chi connectivity index (χ3v) is 9.80. The fraction of sp³-hybridized carbons (Fsp3) is 0.625. The summed E-state index contributed by atoms with van der Waals surface area (Å²) >= 11 is 0. The number of rotatable bonds is 41. The molecule has 0 heterocycles. The molecule has 0 amide bonds. The largest absolute Gasteiger partial charge is 0.480 e. The van der Waals surface area contributed by atoms with Gasteiger partial charge in [-0.25, -0.2) is 4.57 Å². The number of hydrogen-bond donors (Lipinski definition) is 3.